The number of carbonyl (C=O) groups is 1. The quantitative estimate of drug-likeness (QED) is 0.557. The number of ketones is 1. The Kier molecular flexibility index (Phi) is 5.80. The van der Waals surface area contributed by atoms with Crippen LogP contribution in [0.3, 0.4) is 0 Å². The second-order valence-corrected chi connectivity index (χ2v) is 8.80. The number of thiophene rings is 1. The molecule has 2 N–H and O–H groups in total. The van der Waals surface area contributed by atoms with Gasteiger partial charge in [0.25, 0.3) is 0 Å². The summed E-state index contributed by atoms with van der Waals surface area (Å²) in [6.45, 7) is 2.10. The first kappa shape index (κ1) is 21.4. The zero-order valence-electron chi connectivity index (χ0n) is 16.5. The molecule has 0 aromatic carbocycles. The lowest BCUT2D eigenvalue weighted by Gasteiger charge is -2.14. The zero-order chi connectivity index (χ0) is 22.2. The van der Waals surface area contributed by atoms with Crippen LogP contribution in [0.25, 0.3) is 0 Å². The fourth-order valence-corrected chi connectivity index (χ4v) is 4.50. The van der Waals surface area contributed by atoms with Crippen LogP contribution in [0.2, 0.25) is 0 Å². The average molecular weight is 451 g/mol. The number of hydrogen-bond acceptors (Lipinski definition) is 7. The Morgan fingerprint density at radius 2 is 2.13 bits per heavy atom. The van der Waals surface area contributed by atoms with E-state index >= 15 is 0 Å². The van der Waals surface area contributed by atoms with Crippen molar-refractivity contribution in [2.24, 2.45) is 5.92 Å². The van der Waals surface area contributed by atoms with Crippen LogP contribution in [0.5, 0.6) is 0 Å². The molecule has 0 amide bonds. The Hall–Kier alpha value is -2.79. The summed E-state index contributed by atoms with van der Waals surface area (Å²) in [5, 5.41) is 17.4. The molecule has 0 bridgehead atoms. The lowest BCUT2D eigenvalue weighted by atomic mass is 10.1. The van der Waals surface area contributed by atoms with Gasteiger partial charge in [0.05, 0.1) is 18.2 Å². The maximum Gasteiger partial charge on any atom is 0.425 e. The van der Waals surface area contributed by atoms with Crippen molar-refractivity contribution in [2.75, 3.05) is 5.32 Å². The number of halogens is 3. The number of aliphatic hydroxyl groups excluding tert-OH is 1. The highest BCUT2D eigenvalue weighted by atomic mass is 32.1. The molecule has 0 aliphatic heterocycles. The summed E-state index contributed by atoms with van der Waals surface area (Å²) in [6.07, 6.45) is 0.832. The first-order chi connectivity index (χ1) is 14.7. The van der Waals surface area contributed by atoms with E-state index in [1.165, 1.54) is 29.3 Å². The Bertz CT molecular complexity index is 1070. The van der Waals surface area contributed by atoms with Gasteiger partial charge < -0.3 is 10.4 Å². The summed E-state index contributed by atoms with van der Waals surface area (Å²) in [5.41, 5.74) is 0.391. The third-order valence-corrected chi connectivity index (χ3v) is 6.38. The molecule has 4 rings (SSSR count). The third kappa shape index (κ3) is 4.77. The zero-order valence-corrected chi connectivity index (χ0v) is 17.3. The molecular formula is C20H20F3N5O2S. The standard InChI is InChI=1S/C20H20F3N5O2S/c1-11-6-12(7-16(11)29)26-19-14(8-24-10-25-19)18(30)15-4-5-28(27-15)9-13-2-3-17(31-13)20(21,22)23/h2-5,8,10-12,16,29H,6-7,9H2,1H3,(H,24,25,26)/t11-,12-,16+/m1/s1. The van der Waals surface area contributed by atoms with Gasteiger partial charge in [-0.2, -0.15) is 18.3 Å². The number of rotatable bonds is 6. The molecule has 3 atom stereocenters. The van der Waals surface area contributed by atoms with Crippen LogP contribution in [0.15, 0.2) is 36.9 Å². The molecule has 0 saturated heterocycles. The number of hydrogen-bond donors (Lipinski definition) is 2. The molecule has 1 fully saturated rings. The maximum absolute atomic E-state index is 13.0. The summed E-state index contributed by atoms with van der Waals surface area (Å²) in [6, 6.07) is 3.94. The van der Waals surface area contributed by atoms with Crippen molar-refractivity contribution in [3.63, 3.8) is 0 Å². The minimum atomic E-state index is -4.38. The largest absolute Gasteiger partial charge is 0.425 e. The molecule has 0 unspecified atom stereocenters. The summed E-state index contributed by atoms with van der Waals surface area (Å²) in [5.74, 6) is 0.133. The van der Waals surface area contributed by atoms with Gasteiger partial charge in [-0.3, -0.25) is 9.48 Å². The normalized spacial score (nSPS) is 21.4. The molecule has 1 saturated carbocycles. The van der Waals surface area contributed by atoms with Crippen LogP contribution < -0.4 is 5.32 Å². The number of nitrogens with zero attached hydrogens (tertiary/aromatic N) is 4. The number of alkyl halides is 3. The molecule has 164 valence electrons. The number of aliphatic hydroxyl groups is 1. The van der Waals surface area contributed by atoms with Crippen molar-refractivity contribution >= 4 is 22.9 Å². The van der Waals surface area contributed by atoms with Gasteiger partial charge >= 0.3 is 6.18 Å². The van der Waals surface area contributed by atoms with E-state index in [4.69, 9.17) is 0 Å². The van der Waals surface area contributed by atoms with E-state index in [1.807, 2.05) is 6.92 Å². The minimum absolute atomic E-state index is 0.00864. The molecule has 31 heavy (non-hydrogen) atoms. The van der Waals surface area contributed by atoms with E-state index in [9.17, 15) is 23.1 Å². The number of nitrogens with one attached hydrogen (secondary N) is 1. The van der Waals surface area contributed by atoms with E-state index in [0.29, 0.717) is 28.5 Å². The molecular weight excluding hydrogens is 431 g/mol. The van der Waals surface area contributed by atoms with Crippen LogP contribution in [-0.4, -0.2) is 42.8 Å². The Morgan fingerprint density at radius 1 is 1.32 bits per heavy atom. The predicted molar refractivity (Wildman–Crippen MR) is 108 cm³/mol. The van der Waals surface area contributed by atoms with Gasteiger partial charge in [0.1, 0.15) is 22.7 Å². The first-order valence-corrected chi connectivity index (χ1v) is 10.5. The van der Waals surface area contributed by atoms with Crippen LogP contribution in [-0.2, 0) is 12.7 Å². The molecule has 0 spiro atoms. The lowest BCUT2D eigenvalue weighted by Crippen LogP contribution is -2.20. The van der Waals surface area contributed by atoms with Crippen LogP contribution in [0.4, 0.5) is 19.0 Å². The fourth-order valence-electron chi connectivity index (χ4n) is 3.63. The van der Waals surface area contributed by atoms with E-state index in [0.717, 1.165) is 12.5 Å². The number of carbonyl (C=O) groups excluding carboxylic acids is 1. The molecule has 1 aliphatic carbocycles. The summed E-state index contributed by atoms with van der Waals surface area (Å²) < 4.78 is 39.7. The van der Waals surface area contributed by atoms with E-state index in [-0.39, 0.29) is 29.8 Å². The van der Waals surface area contributed by atoms with E-state index in [1.54, 1.807) is 6.20 Å². The molecule has 3 heterocycles. The Balaban J connectivity index is 1.48. The SMILES string of the molecule is C[C@@H]1C[C@@H](Nc2ncncc2C(=O)c2ccn(Cc3ccc(C(F)(F)F)s3)n2)C[C@@H]1O. The highest BCUT2D eigenvalue weighted by Crippen LogP contribution is 2.35. The van der Waals surface area contributed by atoms with Crippen molar-refractivity contribution in [1.29, 1.82) is 0 Å². The molecule has 11 heteroatoms. The summed E-state index contributed by atoms with van der Waals surface area (Å²) in [7, 11) is 0. The van der Waals surface area contributed by atoms with Crippen LogP contribution in [0, 0.1) is 5.92 Å². The van der Waals surface area contributed by atoms with Crippen LogP contribution >= 0.6 is 11.3 Å². The second kappa shape index (κ2) is 8.39. The van der Waals surface area contributed by atoms with Gasteiger partial charge in [0.2, 0.25) is 5.78 Å². The van der Waals surface area contributed by atoms with Gasteiger partial charge in [0.15, 0.2) is 0 Å². The van der Waals surface area contributed by atoms with Crippen molar-refractivity contribution in [3.8, 4) is 0 Å². The Labute approximate surface area is 180 Å². The molecule has 3 aromatic heterocycles. The third-order valence-electron chi connectivity index (χ3n) is 5.27. The molecule has 3 aromatic rings. The monoisotopic (exact) mass is 451 g/mol. The summed E-state index contributed by atoms with van der Waals surface area (Å²) >= 11 is 0.648. The van der Waals surface area contributed by atoms with E-state index in [2.05, 4.69) is 20.4 Å². The van der Waals surface area contributed by atoms with Crippen molar-refractivity contribution < 1.29 is 23.1 Å². The maximum atomic E-state index is 13.0. The lowest BCUT2D eigenvalue weighted by molar-refractivity contribution is -0.134. The highest BCUT2D eigenvalue weighted by molar-refractivity contribution is 7.12. The van der Waals surface area contributed by atoms with E-state index < -0.39 is 22.9 Å². The number of aromatic nitrogens is 4. The second-order valence-electron chi connectivity index (χ2n) is 7.63. The summed E-state index contributed by atoms with van der Waals surface area (Å²) in [4.78, 5) is 20.9. The van der Waals surface area contributed by atoms with Gasteiger partial charge in [-0.1, -0.05) is 6.92 Å². The molecule has 7 nitrogen and oxygen atoms in total. The smallest absolute Gasteiger partial charge is 0.393 e. The van der Waals surface area contributed by atoms with Crippen LogP contribution in [0.1, 0.15) is 45.6 Å². The molecule has 0 radical (unpaired) electrons. The predicted octanol–water partition coefficient (Wildman–Crippen LogP) is 3.60. The van der Waals surface area contributed by atoms with Gasteiger partial charge in [-0.15, -0.1) is 11.3 Å². The number of anilines is 1. The minimum Gasteiger partial charge on any atom is -0.393 e. The van der Waals surface area contributed by atoms with Gasteiger partial charge in [-0.25, -0.2) is 9.97 Å². The van der Waals surface area contributed by atoms with Crippen molar-refractivity contribution in [1.82, 2.24) is 19.7 Å². The average Bonchev–Trinajstić information content (AvgIpc) is 3.43. The first-order valence-electron chi connectivity index (χ1n) is 9.69. The van der Waals surface area contributed by atoms with Gasteiger partial charge in [-0.05, 0) is 37.0 Å². The topological polar surface area (TPSA) is 92.9 Å². The van der Waals surface area contributed by atoms with Crippen molar-refractivity contribution in [3.05, 3.63) is 57.9 Å². The fraction of sp³-hybridized carbons (Fsp3) is 0.400. The van der Waals surface area contributed by atoms with Crippen molar-refractivity contribution in [2.45, 2.75) is 44.6 Å². The highest BCUT2D eigenvalue weighted by Gasteiger charge is 2.33. The molecule has 1 aliphatic rings. The Morgan fingerprint density at radius 3 is 2.81 bits per heavy atom. The van der Waals surface area contributed by atoms with Gasteiger partial charge in [0, 0.05) is 23.3 Å².